The Kier molecular flexibility index (Phi) is 5.18. The third-order valence-electron chi connectivity index (χ3n) is 5.00. The van der Waals surface area contributed by atoms with Crippen LogP contribution in [0.2, 0.25) is 0 Å². The summed E-state index contributed by atoms with van der Waals surface area (Å²) in [5, 5.41) is 12.5. The number of imide groups is 1. The largest absolute Gasteiger partial charge is 0.393 e. The number of nitrogens with zero attached hydrogens (tertiary/aromatic N) is 1. The molecule has 0 atom stereocenters. The Balaban J connectivity index is 1.72. The molecule has 2 N–H and O–H groups in total. The zero-order valence-electron chi connectivity index (χ0n) is 14.5. The van der Waals surface area contributed by atoms with Crippen molar-refractivity contribution in [3.8, 4) is 0 Å². The van der Waals surface area contributed by atoms with Crippen LogP contribution in [0.25, 0.3) is 0 Å². The van der Waals surface area contributed by atoms with E-state index >= 15 is 0 Å². The van der Waals surface area contributed by atoms with E-state index in [-0.39, 0.29) is 29.9 Å². The number of aliphatic hydroxyl groups excluding tert-OH is 1. The van der Waals surface area contributed by atoms with Crippen LogP contribution in [0.5, 0.6) is 0 Å². The van der Waals surface area contributed by atoms with Gasteiger partial charge in [-0.1, -0.05) is 13.3 Å². The Hall–Kier alpha value is -2.21. The molecule has 1 aliphatic carbocycles. The van der Waals surface area contributed by atoms with E-state index in [1.807, 2.05) is 6.92 Å². The zero-order chi connectivity index (χ0) is 18.0. The Morgan fingerprint density at radius 2 is 1.84 bits per heavy atom. The summed E-state index contributed by atoms with van der Waals surface area (Å²) >= 11 is 0. The van der Waals surface area contributed by atoms with Crippen molar-refractivity contribution in [2.75, 3.05) is 6.54 Å². The number of fused-ring (bicyclic) bond motifs is 1. The molecule has 1 saturated carbocycles. The molecule has 0 saturated heterocycles. The van der Waals surface area contributed by atoms with Gasteiger partial charge in [0.15, 0.2) is 0 Å². The third kappa shape index (κ3) is 3.58. The number of amides is 3. The van der Waals surface area contributed by atoms with Gasteiger partial charge < -0.3 is 10.4 Å². The normalized spacial score (nSPS) is 22.9. The molecule has 3 rings (SSSR count). The van der Waals surface area contributed by atoms with Gasteiger partial charge in [-0.15, -0.1) is 0 Å². The van der Waals surface area contributed by atoms with Crippen LogP contribution in [-0.2, 0) is 0 Å². The smallest absolute Gasteiger partial charge is 0.261 e. The van der Waals surface area contributed by atoms with Crippen LogP contribution >= 0.6 is 0 Å². The summed E-state index contributed by atoms with van der Waals surface area (Å²) in [6, 6.07) is 4.73. The van der Waals surface area contributed by atoms with E-state index in [1.54, 1.807) is 12.1 Å². The van der Waals surface area contributed by atoms with Crippen LogP contribution < -0.4 is 5.32 Å². The van der Waals surface area contributed by atoms with E-state index < -0.39 is 0 Å². The van der Waals surface area contributed by atoms with Crippen LogP contribution in [0.4, 0.5) is 0 Å². The second kappa shape index (κ2) is 7.35. The highest BCUT2D eigenvalue weighted by Crippen LogP contribution is 2.25. The number of hydrogen-bond donors (Lipinski definition) is 2. The Morgan fingerprint density at radius 3 is 2.52 bits per heavy atom. The maximum atomic E-state index is 12.5. The van der Waals surface area contributed by atoms with E-state index in [9.17, 15) is 19.5 Å². The topological polar surface area (TPSA) is 86.7 Å². The predicted octanol–water partition coefficient (Wildman–Crippen LogP) is 2.12. The summed E-state index contributed by atoms with van der Waals surface area (Å²) in [6.45, 7) is 2.42. The minimum Gasteiger partial charge on any atom is -0.393 e. The zero-order valence-corrected chi connectivity index (χ0v) is 14.5. The summed E-state index contributed by atoms with van der Waals surface area (Å²) in [6.07, 6.45) is 4.28. The quantitative estimate of drug-likeness (QED) is 0.801. The van der Waals surface area contributed by atoms with Crippen molar-refractivity contribution in [2.24, 2.45) is 0 Å². The minimum absolute atomic E-state index is 0.0440. The molecule has 25 heavy (non-hydrogen) atoms. The van der Waals surface area contributed by atoms with Gasteiger partial charge >= 0.3 is 0 Å². The fourth-order valence-electron chi connectivity index (χ4n) is 3.44. The molecule has 134 valence electrons. The molecule has 3 amide bonds. The van der Waals surface area contributed by atoms with Gasteiger partial charge in [0.1, 0.15) is 0 Å². The van der Waals surface area contributed by atoms with Crippen molar-refractivity contribution in [3.05, 3.63) is 34.9 Å². The molecule has 1 fully saturated rings. The second-order valence-electron chi connectivity index (χ2n) is 6.85. The summed E-state index contributed by atoms with van der Waals surface area (Å²) in [7, 11) is 0. The van der Waals surface area contributed by atoms with E-state index in [4.69, 9.17) is 0 Å². The molecular formula is C19H24N2O4. The molecular weight excluding hydrogens is 320 g/mol. The highest BCUT2D eigenvalue weighted by Gasteiger charge is 2.35. The molecule has 0 spiro atoms. The first kappa shape index (κ1) is 17.6. The molecule has 0 radical (unpaired) electrons. The van der Waals surface area contributed by atoms with Crippen LogP contribution in [0.1, 0.15) is 76.5 Å². The number of carbonyl (C=O) groups excluding carboxylic acids is 3. The fourth-order valence-corrected chi connectivity index (χ4v) is 3.44. The summed E-state index contributed by atoms with van der Waals surface area (Å²) in [5.41, 5.74) is 1.08. The molecule has 1 aromatic rings. The van der Waals surface area contributed by atoms with Crippen molar-refractivity contribution in [1.29, 1.82) is 0 Å². The summed E-state index contributed by atoms with van der Waals surface area (Å²) in [5.74, 6) is -0.831. The maximum Gasteiger partial charge on any atom is 0.261 e. The molecule has 0 aromatic heterocycles. The lowest BCUT2D eigenvalue weighted by molar-refractivity contribution is 0.0652. The SMILES string of the molecule is CCCCN1C(=O)c2ccc(C(=O)NC3CCC(O)CC3)cc2C1=O. The Labute approximate surface area is 147 Å². The van der Waals surface area contributed by atoms with E-state index in [1.165, 1.54) is 11.0 Å². The van der Waals surface area contributed by atoms with Crippen molar-refractivity contribution in [3.63, 3.8) is 0 Å². The number of carbonyl (C=O) groups is 3. The lowest BCUT2D eigenvalue weighted by atomic mass is 9.93. The maximum absolute atomic E-state index is 12.5. The first-order valence-corrected chi connectivity index (χ1v) is 9.00. The summed E-state index contributed by atoms with van der Waals surface area (Å²) in [4.78, 5) is 38.5. The van der Waals surface area contributed by atoms with Crippen molar-refractivity contribution in [2.45, 2.75) is 57.6 Å². The van der Waals surface area contributed by atoms with E-state index in [0.29, 0.717) is 36.1 Å². The molecule has 0 unspecified atom stereocenters. The Bertz CT molecular complexity index is 693. The predicted molar refractivity (Wildman–Crippen MR) is 92.4 cm³/mol. The van der Waals surface area contributed by atoms with Gasteiger partial charge in [0.25, 0.3) is 17.7 Å². The number of aliphatic hydroxyl groups is 1. The highest BCUT2D eigenvalue weighted by molar-refractivity contribution is 6.22. The number of unbranched alkanes of at least 4 members (excludes halogenated alkanes) is 1. The van der Waals surface area contributed by atoms with E-state index in [2.05, 4.69) is 5.32 Å². The van der Waals surface area contributed by atoms with Gasteiger partial charge in [-0.2, -0.15) is 0 Å². The number of benzene rings is 1. The average Bonchev–Trinajstić information content (AvgIpc) is 2.85. The van der Waals surface area contributed by atoms with Crippen LogP contribution in [-0.4, -0.2) is 46.4 Å². The molecule has 0 bridgehead atoms. The molecule has 2 aliphatic rings. The van der Waals surface area contributed by atoms with Crippen molar-refractivity contribution >= 4 is 17.7 Å². The van der Waals surface area contributed by atoms with Crippen LogP contribution in [0.15, 0.2) is 18.2 Å². The van der Waals surface area contributed by atoms with Crippen molar-refractivity contribution in [1.82, 2.24) is 10.2 Å². The monoisotopic (exact) mass is 344 g/mol. The van der Waals surface area contributed by atoms with Crippen molar-refractivity contribution < 1.29 is 19.5 Å². The molecule has 1 aromatic carbocycles. The fraction of sp³-hybridized carbons (Fsp3) is 0.526. The first-order valence-electron chi connectivity index (χ1n) is 9.00. The van der Waals surface area contributed by atoms with Crippen LogP contribution in [0.3, 0.4) is 0 Å². The molecule has 6 nitrogen and oxygen atoms in total. The van der Waals surface area contributed by atoms with Gasteiger partial charge in [0.2, 0.25) is 0 Å². The first-order chi connectivity index (χ1) is 12.0. The molecule has 1 aliphatic heterocycles. The van der Waals surface area contributed by atoms with Gasteiger partial charge in [-0.25, -0.2) is 0 Å². The van der Waals surface area contributed by atoms with Gasteiger partial charge in [-0.3, -0.25) is 19.3 Å². The molecule has 1 heterocycles. The molecule has 6 heteroatoms. The minimum atomic E-state index is -0.316. The average molecular weight is 344 g/mol. The van der Waals surface area contributed by atoms with Crippen LogP contribution in [0, 0.1) is 0 Å². The van der Waals surface area contributed by atoms with Gasteiger partial charge in [0, 0.05) is 18.2 Å². The number of hydrogen-bond acceptors (Lipinski definition) is 4. The third-order valence-corrected chi connectivity index (χ3v) is 5.00. The second-order valence-corrected chi connectivity index (χ2v) is 6.85. The standard InChI is InChI=1S/C19H24N2O4/c1-2-3-10-21-18(24)15-9-4-12(11-16(15)19(21)25)17(23)20-13-5-7-14(22)8-6-13/h4,9,11,13-14,22H,2-3,5-8,10H2,1H3,(H,20,23). The lowest BCUT2D eigenvalue weighted by Gasteiger charge is -2.26. The number of nitrogens with one attached hydrogen (secondary N) is 1. The van der Waals surface area contributed by atoms with E-state index in [0.717, 1.165) is 25.7 Å². The lowest BCUT2D eigenvalue weighted by Crippen LogP contribution is -2.38. The van der Waals surface area contributed by atoms with Gasteiger partial charge in [0.05, 0.1) is 17.2 Å². The summed E-state index contributed by atoms with van der Waals surface area (Å²) < 4.78 is 0. The number of rotatable bonds is 5. The Morgan fingerprint density at radius 1 is 1.16 bits per heavy atom. The van der Waals surface area contributed by atoms with Gasteiger partial charge in [-0.05, 0) is 50.3 Å². The highest BCUT2D eigenvalue weighted by atomic mass is 16.3.